The van der Waals surface area contributed by atoms with Crippen molar-refractivity contribution in [2.24, 2.45) is 0 Å². The third-order valence-corrected chi connectivity index (χ3v) is 3.71. The Kier molecular flexibility index (Phi) is 4.84. The lowest BCUT2D eigenvalue weighted by atomic mass is 10.2. The first-order valence-electron chi connectivity index (χ1n) is 7.78. The van der Waals surface area contributed by atoms with Crippen molar-refractivity contribution in [2.75, 3.05) is 18.8 Å². The van der Waals surface area contributed by atoms with Crippen molar-refractivity contribution in [2.45, 2.75) is 19.0 Å². The Morgan fingerprint density at radius 2 is 1.84 bits per heavy atom. The van der Waals surface area contributed by atoms with Gasteiger partial charge in [0.1, 0.15) is 17.2 Å². The van der Waals surface area contributed by atoms with E-state index in [4.69, 9.17) is 5.73 Å². The maximum Gasteiger partial charge on any atom is 0.417 e. The molecular weight excluding hydrogens is 333 g/mol. The molecule has 25 heavy (non-hydrogen) atoms. The van der Waals surface area contributed by atoms with Crippen molar-refractivity contribution in [3.8, 4) is 11.4 Å². The highest BCUT2D eigenvalue weighted by molar-refractivity contribution is 5.60. The van der Waals surface area contributed by atoms with Crippen molar-refractivity contribution in [3.63, 3.8) is 0 Å². The summed E-state index contributed by atoms with van der Waals surface area (Å²) in [5.41, 5.74) is 5.90. The molecule has 1 fully saturated rings. The van der Waals surface area contributed by atoms with E-state index in [1.54, 1.807) is 0 Å². The molecule has 1 saturated heterocycles. The van der Waals surface area contributed by atoms with Gasteiger partial charge in [-0.15, -0.1) is 0 Å². The predicted molar refractivity (Wildman–Crippen MR) is 87.7 cm³/mol. The number of nitrogens with two attached hydrogens (primary N) is 1. The Labute approximate surface area is 141 Å². The molecule has 1 aliphatic heterocycles. The molecule has 3 aromatic heterocycles. The van der Waals surface area contributed by atoms with Crippen LogP contribution in [0.3, 0.4) is 0 Å². The second-order valence-electron chi connectivity index (χ2n) is 5.57. The van der Waals surface area contributed by atoms with Crippen LogP contribution in [0.1, 0.15) is 18.4 Å². The van der Waals surface area contributed by atoms with Gasteiger partial charge in [0.2, 0.25) is 0 Å². The van der Waals surface area contributed by atoms with E-state index < -0.39 is 11.7 Å². The number of anilines is 1. The van der Waals surface area contributed by atoms with Crippen LogP contribution in [0.2, 0.25) is 0 Å². The SMILES string of the molecule is C1CCNC1.Nc1cncc(-c2cnc3ccc(C(F)(F)F)cn23)n1. The number of rotatable bonds is 1. The third kappa shape index (κ3) is 4.05. The van der Waals surface area contributed by atoms with E-state index in [0.29, 0.717) is 17.0 Å². The molecule has 0 aromatic carbocycles. The molecule has 1 aliphatic rings. The molecule has 3 aromatic rings. The van der Waals surface area contributed by atoms with Crippen LogP contribution in [-0.2, 0) is 6.18 Å². The highest BCUT2D eigenvalue weighted by atomic mass is 19.4. The minimum atomic E-state index is -4.42. The fourth-order valence-electron chi connectivity index (χ4n) is 2.47. The van der Waals surface area contributed by atoms with Crippen LogP contribution < -0.4 is 11.1 Å². The maximum absolute atomic E-state index is 12.7. The highest BCUT2D eigenvalue weighted by Crippen LogP contribution is 2.30. The molecule has 0 atom stereocenters. The minimum absolute atomic E-state index is 0.185. The zero-order chi connectivity index (χ0) is 17.9. The standard InChI is InChI=1S/C12H8F3N5.C4H9N/c13-12(14,15)7-1-2-11-18-4-9(20(11)6-7)8-3-17-5-10(16)19-8;1-2-4-5-3-1/h1-6H,(H2,16,19);5H,1-4H2. The fraction of sp³-hybridized carbons (Fsp3) is 0.312. The number of nitrogens with one attached hydrogen (secondary N) is 1. The van der Waals surface area contributed by atoms with E-state index >= 15 is 0 Å². The van der Waals surface area contributed by atoms with E-state index in [1.807, 2.05) is 0 Å². The Morgan fingerprint density at radius 1 is 1.08 bits per heavy atom. The summed E-state index contributed by atoms with van der Waals surface area (Å²) in [4.78, 5) is 11.9. The highest BCUT2D eigenvalue weighted by Gasteiger charge is 2.31. The number of nitrogens with zero attached hydrogens (tertiary/aromatic N) is 4. The smallest absolute Gasteiger partial charge is 0.382 e. The van der Waals surface area contributed by atoms with Gasteiger partial charge in [-0.05, 0) is 38.1 Å². The molecule has 0 unspecified atom stereocenters. The lowest BCUT2D eigenvalue weighted by Crippen LogP contribution is -2.06. The van der Waals surface area contributed by atoms with Crippen LogP contribution in [0.4, 0.5) is 19.0 Å². The molecule has 0 radical (unpaired) electrons. The number of alkyl halides is 3. The van der Waals surface area contributed by atoms with E-state index in [-0.39, 0.29) is 5.82 Å². The zero-order valence-corrected chi connectivity index (χ0v) is 13.3. The maximum atomic E-state index is 12.7. The average molecular weight is 350 g/mol. The number of imidazole rings is 1. The van der Waals surface area contributed by atoms with E-state index in [1.165, 1.54) is 55.0 Å². The van der Waals surface area contributed by atoms with Gasteiger partial charge >= 0.3 is 6.18 Å². The topological polar surface area (TPSA) is 81.1 Å². The summed E-state index contributed by atoms with van der Waals surface area (Å²) in [5.74, 6) is 0.185. The first-order valence-corrected chi connectivity index (χ1v) is 7.78. The van der Waals surface area contributed by atoms with Gasteiger partial charge in [0, 0.05) is 6.20 Å². The molecule has 0 saturated carbocycles. The van der Waals surface area contributed by atoms with Gasteiger partial charge in [0.05, 0.1) is 29.8 Å². The van der Waals surface area contributed by atoms with Gasteiger partial charge in [0.25, 0.3) is 0 Å². The lowest BCUT2D eigenvalue weighted by molar-refractivity contribution is -0.137. The van der Waals surface area contributed by atoms with Gasteiger partial charge in [-0.1, -0.05) is 0 Å². The molecule has 0 bridgehead atoms. The zero-order valence-electron chi connectivity index (χ0n) is 13.3. The van der Waals surface area contributed by atoms with E-state index in [2.05, 4.69) is 20.3 Å². The summed E-state index contributed by atoms with van der Waals surface area (Å²) < 4.78 is 39.5. The lowest BCUT2D eigenvalue weighted by Gasteiger charge is -2.08. The largest absolute Gasteiger partial charge is 0.417 e. The Hall–Kier alpha value is -2.68. The van der Waals surface area contributed by atoms with Gasteiger partial charge in [-0.2, -0.15) is 13.2 Å². The van der Waals surface area contributed by atoms with Crippen LogP contribution in [-0.4, -0.2) is 32.4 Å². The summed E-state index contributed by atoms with van der Waals surface area (Å²) in [7, 11) is 0. The second-order valence-corrected chi connectivity index (χ2v) is 5.57. The van der Waals surface area contributed by atoms with Gasteiger partial charge < -0.3 is 11.1 Å². The monoisotopic (exact) mass is 350 g/mol. The van der Waals surface area contributed by atoms with Crippen molar-refractivity contribution >= 4 is 11.5 Å². The number of nitrogen functional groups attached to an aromatic ring is 1. The first-order chi connectivity index (χ1) is 11.9. The molecule has 3 N–H and O–H groups in total. The molecule has 132 valence electrons. The molecular formula is C16H17F3N6. The predicted octanol–water partition coefficient (Wildman–Crippen LogP) is 2.76. The van der Waals surface area contributed by atoms with Crippen LogP contribution in [0.5, 0.6) is 0 Å². The van der Waals surface area contributed by atoms with Crippen LogP contribution in [0.25, 0.3) is 17.0 Å². The van der Waals surface area contributed by atoms with Crippen molar-refractivity contribution in [1.82, 2.24) is 24.7 Å². The summed E-state index contributed by atoms with van der Waals surface area (Å²) >= 11 is 0. The number of fused-ring (bicyclic) bond motifs is 1. The molecule has 6 nitrogen and oxygen atoms in total. The first kappa shape index (κ1) is 17.2. The Bertz CT molecular complexity index is 847. The van der Waals surface area contributed by atoms with E-state index in [0.717, 1.165) is 12.3 Å². The van der Waals surface area contributed by atoms with Crippen molar-refractivity contribution in [1.29, 1.82) is 0 Å². The average Bonchev–Trinajstić information content (AvgIpc) is 3.26. The van der Waals surface area contributed by atoms with Crippen molar-refractivity contribution < 1.29 is 13.2 Å². The van der Waals surface area contributed by atoms with Gasteiger partial charge in [0.15, 0.2) is 0 Å². The number of hydrogen-bond acceptors (Lipinski definition) is 5. The van der Waals surface area contributed by atoms with Crippen LogP contribution in [0, 0.1) is 0 Å². The Balaban J connectivity index is 0.000000314. The Morgan fingerprint density at radius 3 is 2.44 bits per heavy atom. The second kappa shape index (κ2) is 7.06. The molecule has 4 rings (SSSR count). The molecule has 4 heterocycles. The molecule has 9 heteroatoms. The molecule has 0 aliphatic carbocycles. The molecule has 0 amide bonds. The summed E-state index contributed by atoms with van der Waals surface area (Å²) in [5, 5.41) is 3.22. The fourth-order valence-corrected chi connectivity index (χ4v) is 2.47. The number of hydrogen-bond donors (Lipinski definition) is 2. The van der Waals surface area contributed by atoms with Crippen molar-refractivity contribution in [3.05, 3.63) is 42.5 Å². The van der Waals surface area contributed by atoms with Gasteiger partial charge in [-0.25, -0.2) is 9.97 Å². The van der Waals surface area contributed by atoms with Crippen LogP contribution >= 0.6 is 0 Å². The number of aromatic nitrogens is 4. The number of pyridine rings is 1. The molecule has 0 spiro atoms. The van der Waals surface area contributed by atoms with Gasteiger partial charge in [-0.3, -0.25) is 9.38 Å². The third-order valence-electron chi connectivity index (χ3n) is 3.71. The number of halogens is 3. The van der Waals surface area contributed by atoms with Crippen LogP contribution in [0.15, 0.2) is 36.9 Å². The minimum Gasteiger partial charge on any atom is -0.382 e. The normalized spacial score (nSPS) is 14.4. The summed E-state index contributed by atoms with van der Waals surface area (Å²) in [6, 6.07) is 2.28. The quantitative estimate of drug-likeness (QED) is 0.705. The summed E-state index contributed by atoms with van der Waals surface area (Å²) in [6.45, 7) is 2.50. The van der Waals surface area contributed by atoms with E-state index in [9.17, 15) is 13.2 Å². The summed E-state index contributed by atoms with van der Waals surface area (Å²) in [6.07, 6.45) is 3.53.